The van der Waals surface area contributed by atoms with Gasteiger partial charge in [0.15, 0.2) is 11.5 Å². The SMILES string of the molecule is CCn1ncc(OC)c1C(=O)C1Cc2ccccc2C1. The molecule has 1 aromatic carbocycles. The maximum atomic E-state index is 12.8. The zero-order valence-corrected chi connectivity index (χ0v) is 11.8. The molecule has 1 heterocycles. The maximum Gasteiger partial charge on any atom is 0.188 e. The van der Waals surface area contributed by atoms with Crippen LogP contribution in [-0.2, 0) is 19.4 Å². The molecule has 104 valence electrons. The molecule has 0 unspecified atom stereocenters. The number of hydrogen-bond acceptors (Lipinski definition) is 3. The van der Waals surface area contributed by atoms with Gasteiger partial charge in [0.1, 0.15) is 5.69 Å². The standard InChI is InChI=1S/C16H18N2O2/c1-3-18-15(14(20-2)10-17-18)16(19)13-8-11-6-4-5-7-12(11)9-13/h4-7,10,13H,3,8-9H2,1-2H3. The monoisotopic (exact) mass is 270 g/mol. The lowest BCUT2D eigenvalue weighted by Gasteiger charge is -2.11. The summed E-state index contributed by atoms with van der Waals surface area (Å²) in [7, 11) is 1.58. The predicted octanol–water partition coefficient (Wildman–Crippen LogP) is 2.51. The van der Waals surface area contributed by atoms with Crippen molar-refractivity contribution in [2.24, 2.45) is 5.92 Å². The summed E-state index contributed by atoms with van der Waals surface area (Å²) in [6.45, 7) is 2.65. The van der Waals surface area contributed by atoms with Crippen molar-refractivity contribution in [1.29, 1.82) is 0 Å². The van der Waals surface area contributed by atoms with Crippen molar-refractivity contribution < 1.29 is 9.53 Å². The van der Waals surface area contributed by atoms with Crippen LogP contribution in [0.5, 0.6) is 5.75 Å². The first-order valence-corrected chi connectivity index (χ1v) is 6.95. The van der Waals surface area contributed by atoms with Crippen molar-refractivity contribution in [3.05, 3.63) is 47.3 Å². The Morgan fingerprint density at radius 1 is 1.35 bits per heavy atom. The summed E-state index contributed by atoms with van der Waals surface area (Å²) < 4.78 is 7.01. The van der Waals surface area contributed by atoms with Crippen molar-refractivity contribution in [2.75, 3.05) is 7.11 Å². The normalized spacial score (nSPS) is 14.3. The van der Waals surface area contributed by atoms with E-state index in [1.165, 1.54) is 11.1 Å². The van der Waals surface area contributed by atoms with Crippen molar-refractivity contribution in [3.8, 4) is 5.75 Å². The topological polar surface area (TPSA) is 44.1 Å². The fraction of sp³-hybridized carbons (Fsp3) is 0.375. The molecule has 4 heteroatoms. The van der Waals surface area contributed by atoms with E-state index in [1.54, 1.807) is 18.0 Å². The highest BCUT2D eigenvalue weighted by Gasteiger charge is 2.31. The van der Waals surface area contributed by atoms with Crippen molar-refractivity contribution in [2.45, 2.75) is 26.3 Å². The Hall–Kier alpha value is -2.10. The highest BCUT2D eigenvalue weighted by molar-refractivity contribution is 5.99. The van der Waals surface area contributed by atoms with Gasteiger partial charge in [-0.3, -0.25) is 9.48 Å². The lowest BCUT2D eigenvalue weighted by molar-refractivity contribution is 0.0910. The molecule has 3 rings (SSSR count). The number of hydrogen-bond donors (Lipinski definition) is 0. The first-order chi connectivity index (χ1) is 9.74. The van der Waals surface area contributed by atoms with Gasteiger partial charge in [-0.05, 0) is 30.9 Å². The van der Waals surface area contributed by atoms with Gasteiger partial charge in [-0.1, -0.05) is 24.3 Å². The van der Waals surface area contributed by atoms with Crippen LogP contribution in [0.15, 0.2) is 30.5 Å². The molecule has 0 spiro atoms. The zero-order valence-electron chi connectivity index (χ0n) is 11.8. The van der Waals surface area contributed by atoms with Crippen molar-refractivity contribution in [1.82, 2.24) is 9.78 Å². The Labute approximate surface area is 118 Å². The molecule has 0 fully saturated rings. The Bertz CT molecular complexity index is 599. The predicted molar refractivity (Wildman–Crippen MR) is 76.1 cm³/mol. The number of aromatic nitrogens is 2. The molecular formula is C16H18N2O2. The molecule has 0 saturated carbocycles. The molecular weight excluding hydrogens is 252 g/mol. The minimum atomic E-state index is 0.00306. The van der Waals surface area contributed by atoms with E-state index in [9.17, 15) is 4.79 Å². The molecule has 1 aliphatic rings. The molecule has 2 aromatic rings. The van der Waals surface area contributed by atoms with Gasteiger partial charge in [0.05, 0.1) is 13.3 Å². The minimum Gasteiger partial charge on any atom is -0.493 e. The Morgan fingerprint density at radius 2 is 2.00 bits per heavy atom. The number of rotatable bonds is 4. The number of Topliss-reactive ketones (excluding diaryl/α,β-unsaturated/α-hetero) is 1. The third-order valence-electron chi connectivity index (χ3n) is 3.98. The second-order valence-electron chi connectivity index (χ2n) is 5.12. The lowest BCUT2D eigenvalue weighted by Crippen LogP contribution is -2.20. The van der Waals surface area contributed by atoms with Gasteiger partial charge >= 0.3 is 0 Å². The molecule has 0 amide bonds. The first-order valence-electron chi connectivity index (χ1n) is 6.95. The number of carbonyl (C=O) groups excluding carboxylic acids is 1. The van der Waals surface area contributed by atoms with Crippen LogP contribution >= 0.6 is 0 Å². The second kappa shape index (κ2) is 5.12. The molecule has 4 nitrogen and oxygen atoms in total. The van der Waals surface area contributed by atoms with Gasteiger partial charge in [0.2, 0.25) is 0 Å². The molecule has 0 N–H and O–H groups in total. The highest BCUT2D eigenvalue weighted by atomic mass is 16.5. The fourth-order valence-electron chi connectivity index (χ4n) is 2.94. The molecule has 0 radical (unpaired) electrons. The van der Waals surface area contributed by atoms with Crippen molar-refractivity contribution in [3.63, 3.8) is 0 Å². The number of ketones is 1. The summed E-state index contributed by atoms with van der Waals surface area (Å²) in [5, 5.41) is 4.22. The number of fused-ring (bicyclic) bond motifs is 1. The Kier molecular flexibility index (Phi) is 3.30. The summed E-state index contributed by atoms with van der Waals surface area (Å²) in [5.41, 5.74) is 3.17. The fourth-order valence-corrected chi connectivity index (χ4v) is 2.94. The van der Waals surface area contributed by atoms with Crippen LogP contribution in [0.2, 0.25) is 0 Å². The summed E-state index contributed by atoms with van der Waals surface area (Å²) >= 11 is 0. The summed E-state index contributed by atoms with van der Waals surface area (Å²) in [6.07, 6.45) is 3.25. The average molecular weight is 270 g/mol. The van der Waals surface area contributed by atoms with Gasteiger partial charge in [0, 0.05) is 12.5 Å². The van der Waals surface area contributed by atoms with Crippen molar-refractivity contribution >= 4 is 5.78 Å². The molecule has 0 saturated heterocycles. The first kappa shape index (κ1) is 12.9. The van der Waals surface area contributed by atoms with E-state index in [2.05, 4.69) is 17.2 Å². The van der Waals surface area contributed by atoms with E-state index in [0.29, 0.717) is 18.0 Å². The van der Waals surface area contributed by atoms with Crippen LogP contribution in [0, 0.1) is 5.92 Å². The zero-order chi connectivity index (χ0) is 14.1. The molecule has 20 heavy (non-hydrogen) atoms. The van der Waals surface area contributed by atoms with E-state index < -0.39 is 0 Å². The number of carbonyl (C=O) groups is 1. The maximum absolute atomic E-state index is 12.8. The number of nitrogens with zero attached hydrogens (tertiary/aromatic N) is 2. The largest absolute Gasteiger partial charge is 0.493 e. The van der Waals surface area contributed by atoms with Gasteiger partial charge in [-0.25, -0.2) is 0 Å². The van der Waals surface area contributed by atoms with Crippen LogP contribution in [0.3, 0.4) is 0 Å². The Morgan fingerprint density at radius 3 is 2.55 bits per heavy atom. The third kappa shape index (κ3) is 2.01. The smallest absolute Gasteiger partial charge is 0.188 e. The lowest BCUT2D eigenvalue weighted by atomic mass is 9.98. The van der Waals surface area contributed by atoms with Crippen LogP contribution < -0.4 is 4.74 Å². The molecule has 0 aliphatic heterocycles. The van der Waals surface area contributed by atoms with E-state index in [4.69, 9.17) is 4.74 Å². The number of aryl methyl sites for hydroxylation is 1. The van der Waals surface area contributed by atoms with E-state index in [0.717, 1.165) is 12.8 Å². The minimum absolute atomic E-state index is 0.00306. The summed E-state index contributed by atoms with van der Waals surface area (Å²) in [6, 6.07) is 8.28. The molecule has 1 aromatic heterocycles. The van der Waals surface area contributed by atoms with Crippen LogP contribution in [0.25, 0.3) is 0 Å². The van der Waals surface area contributed by atoms with Crippen LogP contribution in [0.4, 0.5) is 0 Å². The number of benzene rings is 1. The van der Waals surface area contributed by atoms with E-state index in [-0.39, 0.29) is 11.7 Å². The summed E-state index contributed by atoms with van der Waals surface area (Å²) in [5.74, 6) is 0.716. The number of methoxy groups -OCH3 is 1. The van der Waals surface area contributed by atoms with Crippen LogP contribution in [-0.4, -0.2) is 22.7 Å². The molecule has 1 aliphatic carbocycles. The average Bonchev–Trinajstić information content (AvgIpc) is 3.09. The number of ether oxygens (including phenoxy) is 1. The van der Waals surface area contributed by atoms with Gasteiger partial charge in [0.25, 0.3) is 0 Å². The van der Waals surface area contributed by atoms with Gasteiger partial charge in [-0.15, -0.1) is 0 Å². The Balaban J connectivity index is 1.90. The quantitative estimate of drug-likeness (QED) is 0.802. The third-order valence-corrected chi connectivity index (χ3v) is 3.98. The van der Waals surface area contributed by atoms with E-state index >= 15 is 0 Å². The molecule has 0 bridgehead atoms. The highest BCUT2D eigenvalue weighted by Crippen LogP contribution is 2.31. The second-order valence-corrected chi connectivity index (χ2v) is 5.12. The van der Waals surface area contributed by atoms with Crippen LogP contribution in [0.1, 0.15) is 28.5 Å². The van der Waals surface area contributed by atoms with Gasteiger partial charge in [-0.2, -0.15) is 5.10 Å². The summed E-state index contributed by atoms with van der Waals surface area (Å²) in [4.78, 5) is 12.8. The van der Waals surface area contributed by atoms with Gasteiger partial charge < -0.3 is 4.74 Å². The molecule has 0 atom stereocenters. The van der Waals surface area contributed by atoms with E-state index in [1.807, 2.05) is 19.1 Å².